The summed E-state index contributed by atoms with van der Waals surface area (Å²) in [5.74, 6) is 0.275. The number of para-hydroxylation sites is 1. The fourth-order valence-electron chi connectivity index (χ4n) is 2.09. The molecule has 27 heavy (non-hydrogen) atoms. The fraction of sp³-hybridized carbons (Fsp3) is 0.0588. The van der Waals surface area contributed by atoms with Gasteiger partial charge in [-0.2, -0.15) is 9.78 Å². The van der Waals surface area contributed by atoms with Crippen LogP contribution in [0.3, 0.4) is 0 Å². The number of hydrazone groups is 1. The van der Waals surface area contributed by atoms with Crippen LogP contribution in [-0.2, 0) is 11.3 Å². The summed E-state index contributed by atoms with van der Waals surface area (Å²) >= 11 is 0. The zero-order chi connectivity index (χ0) is 19.1. The number of carbonyl (C=O) groups excluding carboxylic acids is 1. The third kappa shape index (κ3) is 5.19. The summed E-state index contributed by atoms with van der Waals surface area (Å²) < 4.78 is 6.78. The van der Waals surface area contributed by atoms with Crippen molar-refractivity contribution in [2.75, 3.05) is 0 Å². The molecule has 1 heterocycles. The first-order valence-electron chi connectivity index (χ1n) is 7.79. The van der Waals surface area contributed by atoms with E-state index in [2.05, 4.69) is 20.6 Å². The molecule has 1 N–H and O–H groups in total. The minimum absolute atomic E-state index is 0.241. The van der Waals surface area contributed by atoms with Crippen molar-refractivity contribution in [2.24, 2.45) is 5.10 Å². The summed E-state index contributed by atoms with van der Waals surface area (Å²) in [6, 6.07) is 16.5. The van der Waals surface area contributed by atoms with Crippen molar-refractivity contribution >= 4 is 18.1 Å². The Hall–Kier alpha value is -4.08. The molecule has 0 spiro atoms. The lowest BCUT2D eigenvalue weighted by Crippen LogP contribution is -2.23. The van der Waals surface area contributed by atoms with Gasteiger partial charge in [0.25, 0.3) is 5.91 Å². The van der Waals surface area contributed by atoms with E-state index < -0.39 is 16.8 Å². The van der Waals surface area contributed by atoms with Crippen LogP contribution in [0.5, 0.6) is 11.5 Å². The predicted molar refractivity (Wildman–Crippen MR) is 95.4 cm³/mol. The first kappa shape index (κ1) is 17.7. The van der Waals surface area contributed by atoms with Crippen molar-refractivity contribution in [3.63, 3.8) is 0 Å². The number of amides is 1. The molecule has 0 radical (unpaired) electrons. The molecule has 3 rings (SSSR count). The average Bonchev–Trinajstić information content (AvgIpc) is 3.12. The lowest BCUT2D eigenvalue weighted by Gasteiger charge is -2.05. The molecule has 0 saturated carbocycles. The van der Waals surface area contributed by atoms with Gasteiger partial charge in [-0.1, -0.05) is 35.3 Å². The van der Waals surface area contributed by atoms with Gasteiger partial charge in [-0.3, -0.25) is 4.79 Å². The highest BCUT2D eigenvalue weighted by Gasteiger charge is 2.14. The molecule has 0 aliphatic carbocycles. The lowest BCUT2D eigenvalue weighted by molar-refractivity contribution is -0.394. The van der Waals surface area contributed by atoms with Gasteiger partial charge in [-0.05, 0) is 34.8 Å². The Morgan fingerprint density at radius 1 is 1.22 bits per heavy atom. The predicted octanol–water partition coefficient (Wildman–Crippen LogP) is 2.13. The summed E-state index contributed by atoms with van der Waals surface area (Å²) in [7, 11) is 0. The third-order valence-corrected chi connectivity index (χ3v) is 3.23. The van der Waals surface area contributed by atoms with E-state index in [1.54, 1.807) is 24.3 Å². The van der Waals surface area contributed by atoms with Crippen molar-refractivity contribution in [3.8, 4) is 11.5 Å². The molecule has 136 valence electrons. The number of hydrogen-bond donors (Lipinski definition) is 1. The fourth-order valence-corrected chi connectivity index (χ4v) is 2.09. The number of rotatable bonds is 7. The highest BCUT2D eigenvalue weighted by atomic mass is 16.6. The first-order valence-corrected chi connectivity index (χ1v) is 7.79. The van der Waals surface area contributed by atoms with Crippen LogP contribution >= 0.6 is 0 Å². The molecule has 0 atom stereocenters. The number of benzene rings is 2. The molecule has 0 aliphatic rings. The molecule has 2 aromatic carbocycles. The molecular weight excluding hydrogens is 352 g/mol. The number of nitrogens with zero attached hydrogens (tertiary/aromatic N) is 5. The third-order valence-electron chi connectivity index (χ3n) is 3.23. The van der Waals surface area contributed by atoms with Crippen molar-refractivity contribution < 1.29 is 14.5 Å². The molecule has 0 aliphatic heterocycles. The van der Waals surface area contributed by atoms with Crippen molar-refractivity contribution in [1.29, 1.82) is 0 Å². The molecule has 10 heteroatoms. The van der Waals surface area contributed by atoms with Crippen LogP contribution in [-0.4, -0.2) is 31.8 Å². The molecule has 1 aromatic heterocycles. The number of nitro groups is 1. The van der Waals surface area contributed by atoms with Gasteiger partial charge in [0.15, 0.2) is 0 Å². The number of carbonyl (C=O) groups is 1. The smallest absolute Gasteiger partial charge is 0.457 e. The van der Waals surface area contributed by atoms with E-state index in [-0.39, 0.29) is 6.54 Å². The summed E-state index contributed by atoms with van der Waals surface area (Å²) in [6.07, 6.45) is 2.56. The van der Waals surface area contributed by atoms with Gasteiger partial charge in [-0.15, -0.1) is 0 Å². The van der Waals surface area contributed by atoms with Crippen LogP contribution in [0, 0.1) is 10.1 Å². The zero-order valence-electron chi connectivity index (χ0n) is 13.9. The summed E-state index contributed by atoms with van der Waals surface area (Å²) in [5, 5.41) is 17.9. The van der Waals surface area contributed by atoms with Crippen LogP contribution < -0.4 is 10.2 Å². The van der Waals surface area contributed by atoms with Crippen LogP contribution in [0.25, 0.3) is 0 Å². The summed E-state index contributed by atoms with van der Waals surface area (Å²) in [5.41, 5.74) is 3.04. The Labute approximate surface area is 153 Å². The molecule has 0 unspecified atom stereocenters. The molecule has 0 bridgehead atoms. The monoisotopic (exact) mass is 366 g/mol. The molecule has 10 nitrogen and oxygen atoms in total. The normalized spacial score (nSPS) is 10.7. The Morgan fingerprint density at radius 3 is 2.74 bits per heavy atom. The van der Waals surface area contributed by atoms with Crippen LogP contribution in [0.4, 0.5) is 5.95 Å². The SMILES string of the molecule is O=C(Cn1cnc([N+](=O)[O-])n1)N/N=C/c1cccc(Oc2ccccc2)c1. The van der Waals surface area contributed by atoms with Gasteiger partial charge in [-0.25, -0.2) is 5.43 Å². The van der Waals surface area contributed by atoms with E-state index in [9.17, 15) is 14.9 Å². The van der Waals surface area contributed by atoms with Crippen LogP contribution in [0.15, 0.2) is 66.0 Å². The molecule has 3 aromatic rings. The van der Waals surface area contributed by atoms with Crippen molar-refractivity contribution in [1.82, 2.24) is 20.2 Å². The maximum Gasteiger partial charge on any atom is 0.490 e. The highest BCUT2D eigenvalue weighted by Crippen LogP contribution is 2.21. The second-order valence-electron chi connectivity index (χ2n) is 5.28. The van der Waals surface area contributed by atoms with Gasteiger partial charge < -0.3 is 14.9 Å². The Bertz CT molecular complexity index is 970. The first-order chi connectivity index (χ1) is 13.1. The minimum atomic E-state index is -0.739. The van der Waals surface area contributed by atoms with Crippen molar-refractivity contribution in [3.05, 3.63) is 76.6 Å². The van der Waals surface area contributed by atoms with Gasteiger partial charge in [0.2, 0.25) is 6.33 Å². The van der Waals surface area contributed by atoms with Gasteiger partial charge >= 0.3 is 5.95 Å². The van der Waals surface area contributed by atoms with Crippen LogP contribution in [0.2, 0.25) is 0 Å². The second kappa shape index (κ2) is 8.34. The van der Waals surface area contributed by atoms with E-state index in [0.29, 0.717) is 11.5 Å². The van der Waals surface area contributed by atoms with E-state index in [1.807, 2.05) is 30.3 Å². The minimum Gasteiger partial charge on any atom is -0.457 e. The highest BCUT2D eigenvalue weighted by molar-refractivity contribution is 5.82. The van der Waals surface area contributed by atoms with E-state index in [0.717, 1.165) is 16.6 Å². The molecule has 0 saturated heterocycles. The summed E-state index contributed by atoms with van der Waals surface area (Å²) in [4.78, 5) is 25.0. The van der Waals surface area contributed by atoms with Crippen LogP contribution in [0.1, 0.15) is 5.56 Å². The van der Waals surface area contributed by atoms with Crippen molar-refractivity contribution in [2.45, 2.75) is 6.54 Å². The summed E-state index contributed by atoms with van der Waals surface area (Å²) in [6.45, 7) is -0.241. The Balaban J connectivity index is 1.55. The number of ether oxygens (including phenoxy) is 1. The van der Waals surface area contributed by atoms with Gasteiger partial charge in [0.05, 0.1) is 6.21 Å². The Morgan fingerprint density at radius 2 is 2.00 bits per heavy atom. The standard InChI is InChI=1S/C17H14N6O4/c24-16(11-22-12-18-17(21-22)23(25)26)20-19-10-13-5-4-8-15(9-13)27-14-6-2-1-3-7-14/h1-10,12H,11H2,(H,20,24)/b19-10+. The number of aromatic nitrogens is 3. The lowest BCUT2D eigenvalue weighted by atomic mass is 10.2. The maximum atomic E-state index is 11.8. The van der Waals surface area contributed by atoms with E-state index >= 15 is 0 Å². The molecular formula is C17H14N6O4. The van der Waals surface area contributed by atoms with E-state index in [1.165, 1.54) is 6.21 Å². The number of hydrogen-bond acceptors (Lipinski definition) is 7. The maximum absolute atomic E-state index is 11.8. The van der Waals surface area contributed by atoms with Gasteiger partial charge in [0.1, 0.15) is 18.0 Å². The largest absolute Gasteiger partial charge is 0.490 e. The topological polar surface area (TPSA) is 125 Å². The zero-order valence-corrected chi connectivity index (χ0v) is 13.9. The quantitative estimate of drug-likeness (QED) is 0.388. The molecule has 0 fully saturated rings. The average molecular weight is 366 g/mol. The molecule has 1 amide bonds. The van der Waals surface area contributed by atoms with Gasteiger partial charge in [0, 0.05) is 5.10 Å². The van der Waals surface area contributed by atoms with E-state index in [4.69, 9.17) is 4.74 Å². The number of nitrogens with one attached hydrogen (secondary N) is 1. The second-order valence-corrected chi connectivity index (χ2v) is 5.28. The Kier molecular flexibility index (Phi) is 5.48.